The molecule has 1 unspecified atom stereocenters. The molecule has 0 bridgehead atoms. The van der Waals surface area contributed by atoms with Gasteiger partial charge >= 0.3 is 0 Å². The Hall–Kier alpha value is -1.06. The smallest absolute Gasteiger partial charge is 0.268 e. The van der Waals surface area contributed by atoms with Crippen LogP contribution in [0, 0.1) is 0 Å². The summed E-state index contributed by atoms with van der Waals surface area (Å²) in [7, 11) is 0. The first-order valence-electron chi connectivity index (χ1n) is 4.92. The summed E-state index contributed by atoms with van der Waals surface area (Å²) >= 11 is 1.10. The number of aromatic nitrogens is 1. The van der Waals surface area contributed by atoms with Crippen molar-refractivity contribution in [3.05, 3.63) is 16.1 Å². The Morgan fingerprint density at radius 1 is 1.53 bits per heavy atom. The molecule has 0 aliphatic carbocycles. The lowest BCUT2D eigenvalue weighted by Crippen LogP contribution is -2.32. The molecule has 2 heterocycles. The Balaban J connectivity index is 2.19. The van der Waals surface area contributed by atoms with Crippen LogP contribution in [0.2, 0.25) is 0 Å². The van der Waals surface area contributed by atoms with Crippen molar-refractivity contribution in [2.24, 2.45) is 5.73 Å². The average Bonchev–Trinajstić information content (AvgIpc) is 2.87. The van der Waals surface area contributed by atoms with Gasteiger partial charge in [0.15, 0.2) is 0 Å². The first-order chi connectivity index (χ1) is 8.04. The SMILES string of the molecule is NC(=O)c1csc(C2O[C@H](CO)[C@H](O)[C@H]2O)n1. The minimum Gasteiger partial charge on any atom is -0.394 e. The molecule has 1 saturated heterocycles. The van der Waals surface area contributed by atoms with Crippen molar-refractivity contribution in [2.75, 3.05) is 6.61 Å². The largest absolute Gasteiger partial charge is 0.394 e. The Labute approximate surface area is 100 Å². The van der Waals surface area contributed by atoms with Gasteiger partial charge in [-0.15, -0.1) is 11.3 Å². The van der Waals surface area contributed by atoms with Gasteiger partial charge in [-0.3, -0.25) is 4.79 Å². The van der Waals surface area contributed by atoms with E-state index in [0.29, 0.717) is 5.01 Å². The first kappa shape index (κ1) is 12.4. The van der Waals surface area contributed by atoms with Crippen molar-refractivity contribution in [1.29, 1.82) is 0 Å². The lowest BCUT2D eigenvalue weighted by Gasteiger charge is -2.11. The lowest BCUT2D eigenvalue weighted by atomic mass is 10.1. The van der Waals surface area contributed by atoms with Crippen LogP contribution in [-0.4, -0.2) is 51.1 Å². The molecule has 8 heteroatoms. The molecule has 1 fully saturated rings. The fourth-order valence-corrected chi connectivity index (χ4v) is 2.52. The normalized spacial score (nSPS) is 32.9. The topological polar surface area (TPSA) is 126 Å². The molecule has 1 aliphatic rings. The van der Waals surface area contributed by atoms with E-state index in [0.717, 1.165) is 11.3 Å². The molecule has 94 valence electrons. The number of nitrogens with zero attached hydrogens (tertiary/aromatic N) is 1. The summed E-state index contributed by atoms with van der Waals surface area (Å²) in [4.78, 5) is 14.8. The maximum Gasteiger partial charge on any atom is 0.268 e. The quantitative estimate of drug-likeness (QED) is 0.518. The van der Waals surface area contributed by atoms with Crippen LogP contribution in [0.5, 0.6) is 0 Å². The van der Waals surface area contributed by atoms with E-state index in [1.807, 2.05) is 0 Å². The first-order valence-corrected chi connectivity index (χ1v) is 5.80. The molecule has 0 spiro atoms. The summed E-state index contributed by atoms with van der Waals surface area (Å²) in [5.41, 5.74) is 5.14. The zero-order valence-electron chi connectivity index (χ0n) is 8.68. The number of hydrogen-bond donors (Lipinski definition) is 4. The van der Waals surface area contributed by atoms with Gasteiger partial charge < -0.3 is 25.8 Å². The third-order valence-corrected chi connectivity index (χ3v) is 3.47. The van der Waals surface area contributed by atoms with E-state index in [4.69, 9.17) is 15.6 Å². The van der Waals surface area contributed by atoms with Crippen LogP contribution < -0.4 is 5.73 Å². The van der Waals surface area contributed by atoms with Crippen LogP contribution in [0.15, 0.2) is 5.38 Å². The molecule has 0 aromatic carbocycles. The highest BCUT2D eigenvalue weighted by atomic mass is 32.1. The molecule has 4 atom stereocenters. The number of primary amides is 1. The zero-order chi connectivity index (χ0) is 12.6. The van der Waals surface area contributed by atoms with Crippen molar-refractivity contribution in [2.45, 2.75) is 24.4 Å². The number of ether oxygens (including phenoxy) is 1. The summed E-state index contributed by atoms with van der Waals surface area (Å²) in [6.45, 7) is -0.400. The van der Waals surface area contributed by atoms with Crippen LogP contribution in [0.25, 0.3) is 0 Å². The number of thiazole rings is 1. The number of rotatable bonds is 3. The van der Waals surface area contributed by atoms with Gasteiger partial charge in [-0.25, -0.2) is 4.98 Å². The molecular formula is C9H12N2O5S. The highest BCUT2D eigenvalue weighted by Crippen LogP contribution is 2.34. The van der Waals surface area contributed by atoms with E-state index < -0.39 is 36.9 Å². The lowest BCUT2D eigenvalue weighted by molar-refractivity contribution is -0.0228. The van der Waals surface area contributed by atoms with Crippen LogP contribution in [0.1, 0.15) is 21.6 Å². The van der Waals surface area contributed by atoms with Gasteiger partial charge in [-0.2, -0.15) is 0 Å². The van der Waals surface area contributed by atoms with E-state index >= 15 is 0 Å². The summed E-state index contributed by atoms with van der Waals surface area (Å²) in [5, 5.41) is 30.0. The molecule has 2 rings (SSSR count). The van der Waals surface area contributed by atoms with Gasteiger partial charge in [0, 0.05) is 5.38 Å². The standard InChI is InChI=1S/C9H12N2O5S/c10-8(15)3-2-17-9(11-3)7-6(14)5(13)4(1-12)16-7/h2,4-7,12-14H,1H2,(H2,10,15)/t4-,5+,6-,7?/m1/s1. The number of carbonyl (C=O) groups excluding carboxylic acids is 1. The second kappa shape index (κ2) is 4.67. The van der Waals surface area contributed by atoms with Gasteiger partial charge in [0.2, 0.25) is 0 Å². The van der Waals surface area contributed by atoms with Crippen molar-refractivity contribution >= 4 is 17.2 Å². The number of aliphatic hydroxyl groups excluding tert-OH is 3. The monoisotopic (exact) mass is 260 g/mol. The predicted octanol–water partition coefficient (Wildman–Crippen LogP) is -1.60. The number of hydrogen-bond acceptors (Lipinski definition) is 7. The van der Waals surface area contributed by atoms with Crippen molar-refractivity contribution in [3.63, 3.8) is 0 Å². The van der Waals surface area contributed by atoms with Crippen molar-refractivity contribution in [1.82, 2.24) is 4.98 Å². The molecule has 5 N–H and O–H groups in total. The molecule has 0 saturated carbocycles. The van der Waals surface area contributed by atoms with Crippen LogP contribution in [0.3, 0.4) is 0 Å². The van der Waals surface area contributed by atoms with Crippen LogP contribution in [-0.2, 0) is 4.74 Å². The number of amides is 1. The summed E-state index contributed by atoms with van der Waals surface area (Å²) in [5.74, 6) is -0.667. The number of aliphatic hydroxyl groups is 3. The van der Waals surface area contributed by atoms with Gasteiger partial charge in [-0.05, 0) is 0 Å². The van der Waals surface area contributed by atoms with Crippen LogP contribution >= 0.6 is 11.3 Å². The Bertz CT molecular complexity index is 423. The molecule has 7 nitrogen and oxygen atoms in total. The Morgan fingerprint density at radius 2 is 2.24 bits per heavy atom. The fraction of sp³-hybridized carbons (Fsp3) is 0.556. The Kier molecular flexibility index (Phi) is 3.40. The van der Waals surface area contributed by atoms with Crippen LogP contribution in [0.4, 0.5) is 0 Å². The third-order valence-electron chi connectivity index (χ3n) is 2.56. The molecule has 1 aromatic rings. The van der Waals surface area contributed by atoms with E-state index in [-0.39, 0.29) is 5.69 Å². The maximum atomic E-state index is 10.9. The zero-order valence-corrected chi connectivity index (χ0v) is 9.50. The Morgan fingerprint density at radius 3 is 2.71 bits per heavy atom. The number of carbonyl (C=O) groups is 1. The van der Waals surface area contributed by atoms with Gasteiger partial charge in [0.1, 0.15) is 35.1 Å². The van der Waals surface area contributed by atoms with Gasteiger partial charge in [-0.1, -0.05) is 0 Å². The van der Waals surface area contributed by atoms with E-state index in [2.05, 4.69) is 4.98 Å². The summed E-state index contributed by atoms with van der Waals surface area (Å²) < 4.78 is 5.26. The molecule has 1 amide bonds. The maximum absolute atomic E-state index is 10.9. The number of nitrogens with two attached hydrogens (primary N) is 1. The van der Waals surface area contributed by atoms with Crippen molar-refractivity contribution < 1.29 is 24.9 Å². The molecule has 1 aliphatic heterocycles. The van der Waals surface area contributed by atoms with E-state index in [1.165, 1.54) is 5.38 Å². The summed E-state index contributed by atoms with van der Waals surface area (Å²) in [6.07, 6.45) is -4.05. The second-order valence-corrected chi connectivity index (χ2v) is 4.58. The highest BCUT2D eigenvalue weighted by Gasteiger charge is 2.44. The van der Waals surface area contributed by atoms with Crippen molar-refractivity contribution in [3.8, 4) is 0 Å². The minimum absolute atomic E-state index is 0.0859. The fourth-order valence-electron chi connectivity index (χ4n) is 1.64. The molecule has 17 heavy (non-hydrogen) atoms. The highest BCUT2D eigenvalue weighted by molar-refractivity contribution is 7.09. The third kappa shape index (κ3) is 2.17. The average molecular weight is 260 g/mol. The predicted molar refractivity (Wildman–Crippen MR) is 57.3 cm³/mol. The summed E-state index contributed by atoms with van der Waals surface area (Å²) in [6, 6.07) is 0. The molecule has 1 aromatic heterocycles. The van der Waals surface area contributed by atoms with E-state index in [1.54, 1.807) is 0 Å². The van der Waals surface area contributed by atoms with E-state index in [9.17, 15) is 15.0 Å². The minimum atomic E-state index is -1.18. The molecular weight excluding hydrogens is 248 g/mol. The second-order valence-electron chi connectivity index (χ2n) is 3.69. The van der Waals surface area contributed by atoms with Gasteiger partial charge in [0.25, 0.3) is 5.91 Å². The molecule has 0 radical (unpaired) electrons. The van der Waals surface area contributed by atoms with Gasteiger partial charge in [0.05, 0.1) is 6.61 Å².